The van der Waals surface area contributed by atoms with Crippen LogP contribution >= 0.6 is 11.6 Å². The molecule has 0 amide bonds. The largest absolute Gasteiger partial charge is 0.299 e. The fourth-order valence-corrected chi connectivity index (χ4v) is 1.09. The molecule has 1 aliphatic rings. The third kappa shape index (κ3) is 3.06. The molecule has 0 aromatic rings. The predicted octanol–water partition coefficient (Wildman–Crippen LogP) is 2.89. The van der Waals surface area contributed by atoms with Crippen molar-refractivity contribution in [2.24, 2.45) is 5.92 Å². The summed E-state index contributed by atoms with van der Waals surface area (Å²) in [4.78, 5) is 11.2. The van der Waals surface area contributed by atoms with Crippen LogP contribution in [0, 0.1) is 5.92 Å². The highest BCUT2D eigenvalue weighted by Crippen LogP contribution is 2.31. The standard InChI is InChI=1S/C9H13ClO/c1-7(6-10)2-5-9(11)8-3-4-8/h6,8H,2-5H2,1H3. The first-order valence-corrected chi connectivity index (χ1v) is 4.46. The van der Waals surface area contributed by atoms with Gasteiger partial charge < -0.3 is 0 Å². The molecule has 1 saturated carbocycles. The highest BCUT2D eigenvalue weighted by atomic mass is 35.5. The third-order valence-corrected chi connectivity index (χ3v) is 2.36. The summed E-state index contributed by atoms with van der Waals surface area (Å²) in [6, 6.07) is 0. The topological polar surface area (TPSA) is 17.1 Å². The first-order valence-electron chi connectivity index (χ1n) is 4.02. The van der Waals surface area contributed by atoms with Gasteiger partial charge in [0.2, 0.25) is 0 Å². The van der Waals surface area contributed by atoms with Crippen LogP contribution in [0.1, 0.15) is 32.6 Å². The number of allylic oxidation sites excluding steroid dienone is 1. The minimum absolute atomic E-state index is 0.401. The number of carbonyl (C=O) groups is 1. The Balaban J connectivity index is 2.15. The van der Waals surface area contributed by atoms with E-state index in [1.807, 2.05) is 6.92 Å². The highest BCUT2D eigenvalue weighted by molar-refractivity contribution is 6.25. The van der Waals surface area contributed by atoms with E-state index in [0.717, 1.165) is 24.8 Å². The van der Waals surface area contributed by atoms with Crippen LogP contribution in [-0.2, 0) is 4.79 Å². The van der Waals surface area contributed by atoms with Gasteiger partial charge in [0, 0.05) is 17.9 Å². The fourth-order valence-electron chi connectivity index (χ4n) is 0.984. The molecule has 0 spiro atoms. The molecule has 11 heavy (non-hydrogen) atoms. The number of carbonyl (C=O) groups excluding carboxylic acids is 1. The summed E-state index contributed by atoms with van der Waals surface area (Å²) in [7, 11) is 0. The molecule has 0 aromatic carbocycles. The summed E-state index contributed by atoms with van der Waals surface area (Å²) in [6.45, 7) is 1.95. The summed E-state index contributed by atoms with van der Waals surface area (Å²) in [5.74, 6) is 0.820. The van der Waals surface area contributed by atoms with Crippen LogP contribution in [0.4, 0.5) is 0 Å². The molecule has 0 unspecified atom stereocenters. The van der Waals surface area contributed by atoms with Gasteiger partial charge in [-0.1, -0.05) is 17.2 Å². The molecular formula is C9H13ClO. The zero-order valence-corrected chi connectivity index (χ0v) is 7.53. The Morgan fingerprint density at radius 1 is 1.55 bits per heavy atom. The predicted molar refractivity (Wildman–Crippen MR) is 46.6 cm³/mol. The molecule has 2 heteroatoms. The van der Waals surface area contributed by atoms with Crippen molar-refractivity contribution in [3.05, 3.63) is 11.1 Å². The molecule has 0 radical (unpaired) electrons. The smallest absolute Gasteiger partial charge is 0.136 e. The van der Waals surface area contributed by atoms with Gasteiger partial charge in [0.05, 0.1) is 0 Å². The van der Waals surface area contributed by atoms with E-state index in [9.17, 15) is 4.79 Å². The van der Waals surface area contributed by atoms with Gasteiger partial charge in [-0.2, -0.15) is 0 Å². The molecule has 0 aliphatic heterocycles. The van der Waals surface area contributed by atoms with Crippen LogP contribution in [0.25, 0.3) is 0 Å². The van der Waals surface area contributed by atoms with Crippen LogP contribution in [-0.4, -0.2) is 5.78 Å². The normalized spacial score (nSPS) is 18.5. The van der Waals surface area contributed by atoms with E-state index in [4.69, 9.17) is 11.6 Å². The summed E-state index contributed by atoms with van der Waals surface area (Å²) in [5.41, 5.74) is 2.65. The summed E-state index contributed by atoms with van der Waals surface area (Å²) in [6.07, 6.45) is 3.74. The number of halogens is 1. The summed E-state index contributed by atoms with van der Waals surface area (Å²) in [5, 5.41) is 0. The molecule has 0 heterocycles. The van der Waals surface area contributed by atoms with E-state index < -0.39 is 0 Å². The van der Waals surface area contributed by atoms with Gasteiger partial charge in [-0.15, -0.1) is 0 Å². The van der Waals surface area contributed by atoms with Crippen LogP contribution in [0.5, 0.6) is 0 Å². The lowest BCUT2D eigenvalue weighted by Crippen LogP contribution is -1.99. The zero-order valence-electron chi connectivity index (χ0n) is 6.77. The summed E-state index contributed by atoms with van der Waals surface area (Å²) >= 11 is 5.46. The molecule has 62 valence electrons. The van der Waals surface area contributed by atoms with Crippen molar-refractivity contribution < 1.29 is 4.79 Å². The minimum atomic E-state index is 0.401. The zero-order chi connectivity index (χ0) is 8.27. The van der Waals surface area contributed by atoms with Crippen LogP contribution in [0.3, 0.4) is 0 Å². The second-order valence-electron chi connectivity index (χ2n) is 3.20. The number of hydrogen-bond donors (Lipinski definition) is 0. The van der Waals surface area contributed by atoms with Crippen molar-refractivity contribution >= 4 is 17.4 Å². The van der Waals surface area contributed by atoms with Crippen LogP contribution < -0.4 is 0 Å². The van der Waals surface area contributed by atoms with Crippen molar-refractivity contribution in [2.45, 2.75) is 32.6 Å². The second kappa shape index (κ2) is 3.91. The lowest BCUT2D eigenvalue weighted by atomic mass is 10.1. The van der Waals surface area contributed by atoms with E-state index in [1.165, 1.54) is 0 Å². The van der Waals surface area contributed by atoms with Crippen LogP contribution in [0.15, 0.2) is 11.1 Å². The van der Waals surface area contributed by atoms with Crippen molar-refractivity contribution in [1.29, 1.82) is 0 Å². The molecule has 1 aliphatic carbocycles. The van der Waals surface area contributed by atoms with Crippen molar-refractivity contribution in [2.75, 3.05) is 0 Å². The van der Waals surface area contributed by atoms with Gasteiger partial charge in [0.15, 0.2) is 0 Å². The lowest BCUT2D eigenvalue weighted by Gasteiger charge is -1.97. The van der Waals surface area contributed by atoms with E-state index >= 15 is 0 Å². The SMILES string of the molecule is CC(=CCl)CCC(=O)C1CC1. The monoisotopic (exact) mass is 172 g/mol. The number of Topliss-reactive ketones (excluding diaryl/α,β-unsaturated/α-hetero) is 1. The molecule has 1 rings (SSSR count). The third-order valence-electron chi connectivity index (χ3n) is 1.98. The van der Waals surface area contributed by atoms with E-state index in [-0.39, 0.29) is 0 Å². The van der Waals surface area contributed by atoms with Gasteiger partial charge >= 0.3 is 0 Å². The van der Waals surface area contributed by atoms with Gasteiger partial charge in [-0.25, -0.2) is 0 Å². The quantitative estimate of drug-likeness (QED) is 0.638. The van der Waals surface area contributed by atoms with E-state index in [2.05, 4.69) is 0 Å². The Hall–Kier alpha value is -0.300. The lowest BCUT2D eigenvalue weighted by molar-refractivity contribution is -0.120. The number of ketones is 1. The first-order chi connectivity index (χ1) is 5.24. The Morgan fingerprint density at radius 3 is 2.64 bits per heavy atom. The molecule has 0 atom stereocenters. The first kappa shape index (κ1) is 8.79. The Morgan fingerprint density at radius 2 is 2.18 bits per heavy atom. The molecule has 0 saturated heterocycles. The molecule has 0 bridgehead atoms. The Bertz CT molecular complexity index is 180. The van der Waals surface area contributed by atoms with Crippen molar-refractivity contribution in [3.63, 3.8) is 0 Å². The maximum Gasteiger partial charge on any atom is 0.136 e. The summed E-state index contributed by atoms with van der Waals surface area (Å²) < 4.78 is 0. The minimum Gasteiger partial charge on any atom is -0.299 e. The Kier molecular flexibility index (Phi) is 3.13. The fraction of sp³-hybridized carbons (Fsp3) is 0.667. The van der Waals surface area contributed by atoms with Gasteiger partial charge in [-0.3, -0.25) is 4.79 Å². The maximum absolute atomic E-state index is 11.2. The number of hydrogen-bond acceptors (Lipinski definition) is 1. The average molecular weight is 173 g/mol. The van der Waals surface area contributed by atoms with Crippen LogP contribution in [0.2, 0.25) is 0 Å². The number of rotatable bonds is 4. The molecular weight excluding hydrogens is 160 g/mol. The molecule has 0 N–H and O–H groups in total. The second-order valence-corrected chi connectivity index (χ2v) is 3.41. The van der Waals surface area contributed by atoms with Crippen molar-refractivity contribution in [3.8, 4) is 0 Å². The van der Waals surface area contributed by atoms with E-state index in [1.54, 1.807) is 5.54 Å². The van der Waals surface area contributed by atoms with Gasteiger partial charge in [0.1, 0.15) is 5.78 Å². The average Bonchev–Trinajstić information content (AvgIpc) is 2.81. The van der Waals surface area contributed by atoms with Crippen molar-refractivity contribution in [1.82, 2.24) is 0 Å². The molecule has 1 nitrogen and oxygen atoms in total. The van der Waals surface area contributed by atoms with E-state index in [0.29, 0.717) is 18.1 Å². The van der Waals surface area contributed by atoms with Gasteiger partial charge in [-0.05, 0) is 26.2 Å². The highest BCUT2D eigenvalue weighted by Gasteiger charge is 2.28. The Labute approximate surface area is 72.4 Å². The maximum atomic E-state index is 11.2. The molecule has 0 aromatic heterocycles. The molecule has 1 fully saturated rings. The van der Waals surface area contributed by atoms with Gasteiger partial charge in [0.25, 0.3) is 0 Å².